The van der Waals surface area contributed by atoms with Crippen molar-refractivity contribution in [3.8, 4) is 5.75 Å². The SMILES string of the molecule is Oc1cccc(Sc2ccccc2)c1S. The first-order chi connectivity index (χ1) is 7.27. The number of phenols is 1. The number of hydrogen-bond donors (Lipinski definition) is 2. The third kappa shape index (κ3) is 2.49. The predicted molar refractivity (Wildman–Crippen MR) is 65.9 cm³/mol. The Morgan fingerprint density at radius 3 is 2.40 bits per heavy atom. The average molecular weight is 234 g/mol. The first kappa shape index (κ1) is 10.5. The lowest BCUT2D eigenvalue weighted by atomic mass is 10.3. The van der Waals surface area contributed by atoms with E-state index < -0.39 is 0 Å². The van der Waals surface area contributed by atoms with E-state index >= 15 is 0 Å². The molecule has 2 aromatic rings. The second-order valence-corrected chi connectivity index (χ2v) is 4.60. The summed E-state index contributed by atoms with van der Waals surface area (Å²) in [5.41, 5.74) is 0. The first-order valence-corrected chi connectivity index (χ1v) is 5.77. The van der Waals surface area contributed by atoms with Gasteiger partial charge in [-0.1, -0.05) is 36.0 Å². The molecule has 3 heteroatoms. The fraction of sp³-hybridized carbons (Fsp3) is 0. The van der Waals surface area contributed by atoms with Gasteiger partial charge >= 0.3 is 0 Å². The second-order valence-electron chi connectivity index (χ2n) is 3.04. The third-order valence-electron chi connectivity index (χ3n) is 1.95. The van der Waals surface area contributed by atoms with Crippen molar-refractivity contribution in [1.82, 2.24) is 0 Å². The van der Waals surface area contributed by atoms with Gasteiger partial charge in [-0.3, -0.25) is 0 Å². The maximum absolute atomic E-state index is 9.49. The van der Waals surface area contributed by atoms with Crippen molar-refractivity contribution in [3.05, 3.63) is 48.5 Å². The van der Waals surface area contributed by atoms with Crippen molar-refractivity contribution in [3.63, 3.8) is 0 Å². The topological polar surface area (TPSA) is 20.2 Å². The van der Waals surface area contributed by atoms with Crippen LogP contribution in [0.1, 0.15) is 0 Å². The molecule has 76 valence electrons. The highest BCUT2D eigenvalue weighted by Crippen LogP contribution is 2.36. The van der Waals surface area contributed by atoms with Crippen molar-refractivity contribution < 1.29 is 5.11 Å². The van der Waals surface area contributed by atoms with Gasteiger partial charge in [0.15, 0.2) is 0 Å². The Kier molecular flexibility index (Phi) is 3.23. The molecule has 2 rings (SSSR count). The lowest BCUT2D eigenvalue weighted by Gasteiger charge is -2.05. The predicted octanol–water partition coefficient (Wildman–Crippen LogP) is 3.83. The van der Waals surface area contributed by atoms with Crippen LogP contribution in [-0.2, 0) is 0 Å². The molecule has 0 radical (unpaired) electrons. The molecule has 0 aliphatic rings. The van der Waals surface area contributed by atoms with E-state index in [1.54, 1.807) is 17.8 Å². The van der Waals surface area contributed by atoms with Gasteiger partial charge in [0.05, 0.1) is 4.90 Å². The molecule has 0 bridgehead atoms. The number of rotatable bonds is 2. The van der Waals surface area contributed by atoms with Crippen LogP contribution >= 0.6 is 24.4 Å². The van der Waals surface area contributed by atoms with Gasteiger partial charge in [0.25, 0.3) is 0 Å². The van der Waals surface area contributed by atoms with Gasteiger partial charge in [-0.2, -0.15) is 0 Å². The van der Waals surface area contributed by atoms with Crippen molar-refractivity contribution in [1.29, 1.82) is 0 Å². The van der Waals surface area contributed by atoms with Crippen LogP contribution in [0.4, 0.5) is 0 Å². The molecule has 0 amide bonds. The first-order valence-electron chi connectivity index (χ1n) is 4.51. The van der Waals surface area contributed by atoms with Crippen LogP contribution in [0, 0.1) is 0 Å². The van der Waals surface area contributed by atoms with Crippen LogP contribution in [0.15, 0.2) is 63.2 Å². The van der Waals surface area contributed by atoms with Crippen molar-refractivity contribution in [2.45, 2.75) is 14.7 Å². The summed E-state index contributed by atoms with van der Waals surface area (Å²) in [5, 5.41) is 9.49. The Bertz CT molecular complexity index is 454. The van der Waals surface area contributed by atoms with Crippen LogP contribution in [0.25, 0.3) is 0 Å². The Morgan fingerprint density at radius 1 is 0.933 bits per heavy atom. The van der Waals surface area contributed by atoms with E-state index in [0.717, 1.165) is 9.79 Å². The number of hydrogen-bond acceptors (Lipinski definition) is 3. The van der Waals surface area contributed by atoms with Gasteiger partial charge < -0.3 is 5.11 Å². The molecular weight excluding hydrogens is 224 g/mol. The quantitative estimate of drug-likeness (QED) is 0.770. The normalized spacial score (nSPS) is 10.2. The smallest absolute Gasteiger partial charge is 0.130 e. The minimum Gasteiger partial charge on any atom is -0.507 e. The van der Waals surface area contributed by atoms with Crippen LogP contribution in [0.3, 0.4) is 0 Å². The van der Waals surface area contributed by atoms with Crippen LogP contribution in [-0.4, -0.2) is 5.11 Å². The minimum atomic E-state index is 0.222. The monoisotopic (exact) mass is 234 g/mol. The van der Waals surface area contributed by atoms with E-state index in [0.29, 0.717) is 4.90 Å². The standard InChI is InChI=1S/C12H10OS2/c13-10-7-4-8-11(12(10)14)15-9-5-2-1-3-6-9/h1-8,13-14H. The van der Waals surface area contributed by atoms with Gasteiger partial charge in [-0.15, -0.1) is 12.6 Å². The molecule has 0 atom stereocenters. The molecule has 1 nitrogen and oxygen atoms in total. The molecule has 0 saturated carbocycles. The van der Waals surface area contributed by atoms with Gasteiger partial charge in [-0.25, -0.2) is 0 Å². The summed E-state index contributed by atoms with van der Waals surface area (Å²) >= 11 is 5.86. The third-order valence-corrected chi connectivity index (χ3v) is 3.64. The molecule has 0 aliphatic carbocycles. The Labute approximate surface area is 98.6 Å². The maximum atomic E-state index is 9.49. The molecule has 0 unspecified atom stereocenters. The summed E-state index contributed by atoms with van der Waals surface area (Å²) in [7, 11) is 0. The fourth-order valence-corrected chi connectivity index (χ4v) is 2.39. The lowest BCUT2D eigenvalue weighted by Crippen LogP contribution is -1.77. The zero-order chi connectivity index (χ0) is 10.7. The number of phenolic OH excluding ortho intramolecular Hbond substituents is 1. The molecule has 0 aliphatic heterocycles. The summed E-state index contributed by atoms with van der Waals surface area (Å²) in [6.45, 7) is 0. The van der Waals surface area contributed by atoms with Crippen LogP contribution in [0.5, 0.6) is 5.75 Å². The highest BCUT2D eigenvalue weighted by Gasteiger charge is 2.04. The molecule has 0 heterocycles. The number of aromatic hydroxyl groups is 1. The molecule has 2 aromatic carbocycles. The summed E-state index contributed by atoms with van der Waals surface area (Å²) in [6, 6.07) is 15.4. The molecule has 0 saturated heterocycles. The number of benzene rings is 2. The molecule has 15 heavy (non-hydrogen) atoms. The summed E-state index contributed by atoms with van der Waals surface area (Å²) < 4.78 is 0. The van der Waals surface area contributed by atoms with E-state index in [1.165, 1.54) is 0 Å². The van der Waals surface area contributed by atoms with Gasteiger partial charge in [-0.05, 0) is 24.3 Å². The van der Waals surface area contributed by atoms with Gasteiger partial charge in [0.2, 0.25) is 0 Å². The van der Waals surface area contributed by atoms with E-state index in [2.05, 4.69) is 12.6 Å². The van der Waals surface area contributed by atoms with E-state index in [-0.39, 0.29) is 5.75 Å². The Hall–Kier alpha value is -1.06. The summed E-state index contributed by atoms with van der Waals surface area (Å²) in [4.78, 5) is 2.73. The largest absolute Gasteiger partial charge is 0.507 e. The fourth-order valence-electron chi connectivity index (χ4n) is 1.21. The highest BCUT2D eigenvalue weighted by molar-refractivity contribution is 7.99. The van der Waals surface area contributed by atoms with Crippen molar-refractivity contribution >= 4 is 24.4 Å². The van der Waals surface area contributed by atoms with Gasteiger partial charge in [0.1, 0.15) is 5.75 Å². The summed E-state index contributed by atoms with van der Waals surface area (Å²) in [6.07, 6.45) is 0. The Morgan fingerprint density at radius 2 is 1.67 bits per heavy atom. The summed E-state index contributed by atoms with van der Waals surface area (Å²) in [5.74, 6) is 0.222. The maximum Gasteiger partial charge on any atom is 0.130 e. The molecule has 1 N–H and O–H groups in total. The van der Waals surface area contributed by atoms with Crippen LogP contribution < -0.4 is 0 Å². The average Bonchev–Trinajstić information content (AvgIpc) is 2.26. The van der Waals surface area contributed by atoms with Crippen molar-refractivity contribution in [2.24, 2.45) is 0 Å². The molecular formula is C12H10OS2. The molecule has 0 aromatic heterocycles. The van der Waals surface area contributed by atoms with E-state index in [1.807, 2.05) is 42.5 Å². The van der Waals surface area contributed by atoms with Crippen LogP contribution in [0.2, 0.25) is 0 Å². The zero-order valence-corrected chi connectivity index (χ0v) is 9.63. The molecule has 0 spiro atoms. The number of thiol groups is 1. The second kappa shape index (κ2) is 4.64. The lowest BCUT2D eigenvalue weighted by molar-refractivity contribution is 0.459. The van der Waals surface area contributed by atoms with E-state index in [9.17, 15) is 5.11 Å². The highest BCUT2D eigenvalue weighted by atomic mass is 32.2. The Balaban J connectivity index is 2.29. The van der Waals surface area contributed by atoms with Crippen molar-refractivity contribution in [2.75, 3.05) is 0 Å². The minimum absolute atomic E-state index is 0.222. The zero-order valence-electron chi connectivity index (χ0n) is 7.92. The van der Waals surface area contributed by atoms with E-state index in [4.69, 9.17) is 0 Å². The van der Waals surface area contributed by atoms with Gasteiger partial charge in [0, 0.05) is 9.79 Å². The molecule has 0 fully saturated rings.